The second kappa shape index (κ2) is 9.02. The Hall–Kier alpha value is -4.64. The van der Waals surface area contributed by atoms with E-state index in [1.54, 1.807) is 30.1 Å². The Bertz CT molecular complexity index is 1320. The number of hydrogen-bond donors (Lipinski definition) is 2. The first-order valence-electron chi connectivity index (χ1n) is 9.84. The van der Waals surface area contributed by atoms with Crippen LogP contribution in [0.2, 0.25) is 0 Å². The van der Waals surface area contributed by atoms with Gasteiger partial charge < -0.3 is 20.4 Å². The van der Waals surface area contributed by atoms with Crippen LogP contribution in [0.15, 0.2) is 78.2 Å². The number of hydrogen-bond acceptors (Lipinski definition) is 5. The van der Waals surface area contributed by atoms with Gasteiger partial charge in [-0.15, -0.1) is 0 Å². The van der Waals surface area contributed by atoms with Crippen LogP contribution in [0, 0.1) is 18.3 Å². The van der Waals surface area contributed by atoms with Crippen LogP contribution in [0.1, 0.15) is 11.3 Å². The molecule has 0 saturated carbocycles. The number of nitrogens with two attached hydrogens (primary N) is 1. The van der Waals surface area contributed by atoms with E-state index in [9.17, 15) is 5.26 Å². The number of nitrogens with zero attached hydrogens (tertiary/aromatic N) is 5. The topological polar surface area (TPSA) is 114 Å². The van der Waals surface area contributed by atoms with E-state index in [0.29, 0.717) is 22.8 Å². The number of methoxy groups -OCH3 is 1. The van der Waals surface area contributed by atoms with Crippen molar-refractivity contribution in [1.82, 2.24) is 14.5 Å². The molecule has 0 amide bonds. The molecule has 0 fully saturated rings. The lowest BCUT2D eigenvalue weighted by Gasteiger charge is -2.11. The predicted octanol–water partition coefficient (Wildman–Crippen LogP) is 4.18. The third-order valence-corrected chi connectivity index (χ3v) is 4.73. The van der Waals surface area contributed by atoms with Crippen molar-refractivity contribution >= 4 is 17.5 Å². The fourth-order valence-electron chi connectivity index (χ4n) is 3.22. The van der Waals surface area contributed by atoms with Crippen LogP contribution >= 0.6 is 0 Å². The molecule has 3 N–H and O–H groups in total. The molecule has 0 atom stereocenters. The van der Waals surface area contributed by atoms with Gasteiger partial charge in [-0.1, -0.05) is 30.3 Å². The summed E-state index contributed by atoms with van der Waals surface area (Å²) >= 11 is 0. The van der Waals surface area contributed by atoms with Crippen molar-refractivity contribution in [2.24, 2.45) is 10.7 Å². The molecule has 8 heteroatoms. The Kier molecular flexibility index (Phi) is 5.81. The van der Waals surface area contributed by atoms with Crippen LogP contribution in [-0.2, 0) is 0 Å². The summed E-state index contributed by atoms with van der Waals surface area (Å²) in [4.78, 5) is 13.2. The van der Waals surface area contributed by atoms with Crippen LogP contribution in [0.5, 0.6) is 5.75 Å². The molecule has 0 aliphatic heterocycles. The summed E-state index contributed by atoms with van der Waals surface area (Å²) in [7, 11) is 1.55. The zero-order chi connectivity index (χ0) is 22.5. The highest BCUT2D eigenvalue weighted by Crippen LogP contribution is 2.29. The minimum Gasteiger partial charge on any atom is -0.493 e. The van der Waals surface area contributed by atoms with Crippen molar-refractivity contribution in [3.8, 4) is 28.8 Å². The Morgan fingerprint density at radius 1 is 1.16 bits per heavy atom. The van der Waals surface area contributed by atoms with E-state index >= 15 is 0 Å². The first kappa shape index (κ1) is 20.6. The third kappa shape index (κ3) is 4.42. The lowest BCUT2D eigenvalue weighted by Crippen LogP contribution is -2.22. The summed E-state index contributed by atoms with van der Waals surface area (Å²) in [6.45, 7) is 1.89. The Morgan fingerprint density at radius 2 is 1.97 bits per heavy atom. The van der Waals surface area contributed by atoms with Crippen LogP contribution in [0.4, 0.5) is 11.5 Å². The van der Waals surface area contributed by atoms with E-state index in [-0.39, 0.29) is 5.96 Å². The van der Waals surface area contributed by atoms with Crippen molar-refractivity contribution < 1.29 is 4.74 Å². The summed E-state index contributed by atoms with van der Waals surface area (Å²) in [5.74, 6) is 0.971. The Morgan fingerprint density at radius 3 is 2.66 bits per heavy atom. The Balaban J connectivity index is 1.62. The third-order valence-electron chi connectivity index (χ3n) is 4.73. The molecule has 2 heterocycles. The van der Waals surface area contributed by atoms with Crippen LogP contribution in [0.25, 0.3) is 16.9 Å². The van der Waals surface area contributed by atoms with Crippen LogP contribution in [0.3, 0.4) is 0 Å². The van der Waals surface area contributed by atoms with E-state index in [1.807, 2.05) is 61.7 Å². The molecule has 2 aromatic heterocycles. The highest BCUT2D eigenvalue weighted by Gasteiger charge is 2.10. The molecule has 32 heavy (non-hydrogen) atoms. The largest absolute Gasteiger partial charge is 0.493 e. The average molecular weight is 423 g/mol. The molecule has 2 aromatic carbocycles. The minimum absolute atomic E-state index is 0.121. The SMILES string of the molecule is COc1ccc(-c2ccccc2)nc1N=C(N)Nc1ccc(-n2cnc(C)c2)c(C#N)c1. The quantitative estimate of drug-likeness (QED) is 0.368. The van der Waals surface area contributed by atoms with E-state index in [4.69, 9.17) is 10.5 Å². The lowest BCUT2D eigenvalue weighted by atomic mass is 10.1. The van der Waals surface area contributed by atoms with Gasteiger partial charge in [0.05, 0.1) is 36.1 Å². The van der Waals surface area contributed by atoms with Gasteiger partial charge in [0, 0.05) is 17.4 Å². The standard InChI is InChI=1S/C24H21N7O/c1-16-14-31(15-27-16)21-10-8-19(12-18(21)13-25)28-24(26)30-23-22(32-2)11-9-20(29-23)17-6-4-3-5-7-17/h3-12,14-15H,1-2H3,(H3,26,28,29,30). The smallest absolute Gasteiger partial charge is 0.200 e. The molecule has 158 valence electrons. The number of imidazole rings is 1. The van der Waals surface area contributed by atoms with Crippen molar-refractivity contribution in [2.75, 3.05) is 12.4 Å². The number of nitriles is 1. The number of nitrogens with one attached hydrogen (secondary N) is 1. The molecular weight excluding hydrogens is 402 g/mol. The summed E-state index contributed by atoms with van der Waals surface area (Å²) < 4.78 is 7.19. The number of aliphatic imine (C=N–C) groups is 1. The maximum Gasteiger partial charge on any atom is 0.200 e. The van der Waals surface area contributed by atoms with E-state index in [2.05, 4.69) is 26.3 Å². The molecule has 4 rings (SSSR count). The molecule has 0 spiro atoms. The molecule has 0 aliphatic rings. The number of rotatable bonds is 5. The van der Waals surface area contributed by atoms with Crippen LogP contribution in [-0.4, -0.2) is 27.6 Å². The monoisotopic (exact) mass is 423 g/mol. The number of anilines is 1. The molecule has 0 unspecified atom stereocenters. The van der Waals surface area contributed by atoms with Gasteiger partial charge in [-0.25, -0.2) is 9.97 Å². The normalized spacial score (nSPS) is 11.1. The van der Waals surface area contributed by atoms with E-state index in [0.717, 1.165) is 22.6 Å². The molecule has 4 aromatic rings. The van der Waals surface area contributed by atoms with E-state index < -0.39 is 0 Å². The van der Waals surface area contributed by atoms with Gasteiger partial charge in [0.2, 0.25) is 0 Å². The maximum atomic E-state index is 9.59. The van der Waals surface area contributed by atoms with Crippen molar-refractivity contribution in [1.29, 1.82) is 5.26 Å². The molecular formula is C24H21N7O. The number of pyridine rings is 1. The van der Waals surface area contributed by atoms with Gasteiger partial charge in [-0.3, -0.25) is 0 Å². The van der Waals surface area contributed by atoms with E-state index in [1.165, 1.54) is 0 Å². The number of ether oxygens (including phenoxy) is 1. The summed E-state index contributed by atoms with van der Waals surface area (Å²) in [6, 6.07) is 21.0. The molecule has 0 bridgehead atoms. The first-order valence-corrected chi connectivity index (χ1v) is 9.84. The van der Waals surface area contributed by atoms with Crippen LogP contribution < -0.4 is 15.8 Å². The second-order valence-corrected chi connectivity index (χ2v) is 6.98. The first-order chi connectivity index (χ1) is 15.6. The number of benzene rings is 2. The lowest BCUT2D eigenvalue weighted by molar-refractivity contribution is 0.414. The molecule has 0 aliphatic carbocycles. The number of guanidine groups is 1. The van der Waals surface area contributed by atoms with Crippen molar-refractivity contribution in [2.45, 2.75) is 6.92 Å². The van der Waals surface area contributed by atoms with Gasteiger partial charge in [0.15, 0.2) is 17.5 Å². The summed E-state index contributed by atoms with van der Waals surface area (Å²) in [6.07, 6.45) is 3.53. The van der Waals surface area contributed by atoms with Gasteiger partial charge >= 0.3 is 0 Å². The van der Waals surface area contributed by atoms with Crippen molar-refractivity contribution in [3.63, 3.8) is 0 Å². The van der Waals surface area contributed by atoms with Gasteiger partial charge in [-0.05, 0) is 37.3 Å². The summed E-state index contributed by atoms with van der Waals surface area (Å²) in [5.41, 5.74) is 10.6. The van der Waals surface area contributed by atoms with Gasteiger partial charge in [0.1, 0.15) is 6.07 Å². The molecule has 0 saturated heterocycles. The fraction of sp³-hybridized carbons (Fsp3) is 0.0833. The number of aromatic nitrogens is 3. The minimum atomic E-state index is 0.121. The highest BCUT2D eigenvalue weighted by atomic mass is 16.5. The predicted molar refractivity (Wildman–Crippen MR) is 124 cm³/mol. The Labute approximate surface area is 185 Å². The van der Waals surface area contributed by atoms with Crippen molar-refractivity contribution in [3.05, 3.63) is 84.4 Å². The zero-order valence-corrected chi connectivity index (χ0v) is 17.6. The fourth-order valence-corrected chi connectivity index (χ4v) is 3.22. The maximum absolute atomic E-state index is 9.59. The average Bonchev–Trinajstić information content (AvgIpc) is 3.25. The second-order valence-electron chi connectivity index (χ2n) is 6.98. The zero-order valence-electron chi connectivity index (χ0n) is 17.6. The van der Waals surface area contributed by atoms with Gasteiger partial charge in [-0.2, -0.15) is 10.3 Å². The van der Waals surface area contributed by atoms with Gasteiger partial charge in [0.25, 0.3) is 0 Å². The molecule has 8 nitrogen and oxygen atoms in total. The molecule has 0 radical (unpaired) electrons. The number of aryl methyl sites for hydroxylation is 1. The summed E-state index contributed by atoms with van der Waals surface area (Å²) in [5, 5.41) is 12.6. The highest BCUT2D eigenvalue weighted by molar-refractivity contribution is 5.94.